The van der Waals surface area contributed by atoms with Crippen LogP contribution in [0.5, 0.6) is 5.75 Å². The normalized spacial score (nSPS) is 14.8. The predicted molar refractivity (Wildman–Crippen MR) is 110 cm³/mol. The number of likely N-dealkylation sites (tertiary alicyclic amines) is 1. The first kappa shape index (κ1) is 18.3. The molecule has 138 valence electrons. The number of para-hydroxylation sites is 2. The number of nitrogens with zero attached hydrogens (tertiary/aromatic N) is 2. The number of hydrogen-bond donors (Lipinski definition) is 2. The second-order valence-electron chi connectivity index (χ2n) is 6.67. The molecule has 5 nitrogen and oxygen atoms in total. The minimum Gasteiger partial charge on any atom is -0.487 e. The molecule has 0 radical (unpaired) electrons. The van der Waals surface area contributed by atoms with Crippen LogP contribution in [0.15, 0.2) is 47.5 Å². The Bertz CT molecular complexity index is 726. The van der Waals surface area contributed by atoms with Crippen molar-refractivity contribution in [1.82, 2.24) is 4.90 Å². The zero-order valence-corrected chi connectivity index (χ0v) is 15.3. The van der Waals surface area contributed by atoms with Gasteiger partial charge in [0.1, 0.15) is 18.0 Å². The number of piperidine rings is 1. The molecule has 0 aromatic heterocycles. The standard InChI is InChI=1S/C21H28N4O/c1-23-20-7-3-4-8-21(20)26-16-17-9-10-19(18(22)15-17)24-11-14-25-12-5-2-6-13-25/h3-4,7-10,15,24H,1-2,5-6,11-14,16,22H2. The average molecular weight is 352 g/mol. The highest BCUT2D eigenvalue weighted by Crippen LogP contribution is 2.27. The van der Waals surface area contributed by atoms with Crippen LogP contribution >= 0.6 is 0 Å². The molecule has 26 heavy (non-hydrogen) atoms. The van der Waals surface area contributed by atoms with Gasteiger partial charge in [0.25, 0.3) is 0 Å². The van der Waals surface area contributed by atoms with Gasteiger partial charge in [0.15, 0.2) is 0 Å². The summed E-state index contributed by atoms with van der Waals surface area (Å²) in [6.07, 6.45) is 4.01. The molecule has 3 rings (SSSR count). The Labute approximate surface area is 155 Å². The fourth-order valence-electron chi connectivity index (χ4n) is 3.27. The number of aliphatic imine (C=N–C) groups is 1. The van der Waals surface area contributed by atoms with Crippen LogP contribution in [0.1, 0.15) is 24.8 Å². The number of hydrogen-bond acceptors (Lipinski definition) is 5. The number of nitrogens with two attached hydrogens (primary N) is 1. The molecular weight excluding hydrogens is 324 g/mol. The van der Waals surface area contributed by atoms with E-state index in [-0.39, 0.29) is 0 Å². The highest BCUT2D eigenvalue weighted by atomic mass is 16.5. The molecule has 1 heterocycles. The largest absolute Gasteiger partial charge is 0.487 e. The van der Waals surface area contributed by atoms with E-state index in [1.54, 1.807) is 0 Å². The van der Waals surface area contributed by atoms with Gasteiger partial charge >= 0.3 is 0 Å². The van der Waals surface area contributed by atoms with Crippen LogP contribution < -0.4 is 15.8 Å². The van der Waals surface area contributed by atoms with Crippen molar-refractivity contribution in [3.8, 4) is 5.75 Å². The minimum atomic E-state index is 0.449. The van der Waals surface area contributed by atoms with Crippen molar-refractivity contribution in [1.29, 1.82) is 0 Å². The third-order valence-electron chi connectivity index (χ3n) is 4.74. The lowest BCUT2D eigenvalue weighted by Gasteiger charge is -2.26. The van der Waals surface area contributed by atoms with Crippen molar-refractivity contribution in [3.63, 3.8) is 0 Å². The van der Waals surface area contributed by atoms with Gasteiger partial charge in [-0.15, -0.1) is 0 Å². The second-order valence-corrected chi connectivity index (χ2v) is 6.67. The van der Waals surface area contributed by atoms with Gasteiger partial charge in [-0.25, -0.2) is 0 Å². The fraction of sp³-hybridized carbons (Fsp3) is 0.381. The molecule has 2 aromatic rings. The Morgan fingerprint density at radius 2 is 1.92 bits per heavy atom. The van der Waals surface area contributed by atoms with Crippen LogP contribution in [0.2, 0.25) is 0 Å². The topological polar surface area (TPSA) is 62.9 Å². The number of nitrogens with one attached hydrogen (secondary N) is 1. The number of rotatable bonds is 8. The zero-order valence-electron chi connectivity index (χ0n) is 15.3. The summed E-state index contributed by atoms with van der Waals surface area (Å²) in [5, 5.41) is 3.45. The zero-order chi connectivity index (χ0) is 18.2. The summed E-state index contributed by atoms with van der Waals surface area (Å²) in [6.45, 7) is 8.44. The van der Waals surface area contributed by atoms with Gasteiger partial charge in [-0.2, -0.15) is 0 Å². The molecule has 0 amide bonds. The molecule has 1 saturated heterocycles. The Hall–Kier alpha value is -2.53. The summed E-state index contributed by atoms with van der Waals surface area (Å²) < 4.78 is 5.85. The lowest BCUT2D eigenvalue weighted by Crippen LogP contribution is -2.33. The van der Waals surface area contributed by atoms with E-state index in [0.29, 0.717) is 6.61 Å². The smallest absolute Gasteiger partial charge is 0.145 e. The summed E-state index contributed by atoms with van der Waals surface area (Å²) >= 11 is 0. The Kier molecular flexibility index (Phi) is 6.50. The maximum absolute atomic E-state index is 6.21. The molecule has 1 aliphatic rings. The van der Waals surface area contributed by atoms with Gasteiger partial charge in [-0.1, -0.05) is 24.6 Å². The molecule has 0 bridgehead atoms. The summed E-state index contributed by atoms with van der Waals surface area (Å²) in [7, 11) is 0. The first-order valence-electron chi connectivity index (χ1n) is 9.29. The van der Waals surface area contributed by atoms with E-state index in [2.05, 4.69) is 21.9 Å². The van der Waals surface area contributed by atoms with Crippen LogP contribution in [-0.2, 0) is 6.61 Å². The fourth-order valence-corrected chi connectivity index (χ4v) is 3.27. The molecule has 0 spiro atoms. The first-order valence-corrected chi connectivity index (χ1v) is 9.29. The Balaban J connectivity index is 1.51. The molecule has 0 saturated carbocycles. The predicted octanol–water partition coefficient (Wildman–Crippen LogP) is 4.08. The van der Waals surface area contributed by atoms with Crippen LogP contribution in [0.4, 0.5) is 17.1 Å². The van der Waals surface area contributed by atoms with Gasteiger partial charge in [-0.3, -0.25) is 4.99 Å². The van der Waals surface area contributed by atoms with Gasteiger partial charge < -0.3 is 20.7 Å². The molecule has 1 fully saturated rings. The third kappa shape index (κ3) is 4.99. The van der Waals surface area contributed by atoms with E-state index in [9.17, 15) is 0 Å². The van der Waals surface area contributed by atoms with Crippen LogP contribution in [-0.4, -0.2) is 37.8 Å². The molecule has 5 heteroatoms. The Morgan fingerprint density at radius 3 is 2.69 bits per heavy atom. The van der Waals surface area contributed by atoms with Gasteiger partial charge in [-0.05, 0) is 62.5 Å². The summed E-state index contributed by atoms with van der Waals surface area (Å²) in [6, 6.07) is 13.7. The second kappa shape index (κ2) is 9.25. The maximum Gasteiger partial charge on any atom is 0.145 e. The lowest BCUT2D eigenvalue weighted by atomic mass is 10.1. The quantitative estimate of drug-likeness (QED) is 0.555. The number of benzene rings is 2. The SMILES string of the molecule is C=Nc1ccccc1OCc1ccc(NCCN2CCCCC2)c(N)c1. The summed E-state index contributed by atoms with van der Waals surface area (Å²) in [5.41, 5.74) is 9.72. The molecule has 2 aromatic carbocycles. The van der Waals surface area contributed by atoms with E-state index in [1.807, 2.05) is 42.5 Å². The monoisotopic (exact) mass is 352 g/mol. The molecule has 0 unspecified atom stereocenters. The van der Waals surface area contributed by atoms with Crippen molar-refractivity contribution in [3.05, 3.63) is 48.0 Å². The molecule has 3 N–H and O–H groups in total. The van der Waals surface area contributed by atoms with Crippen LogP contribution in [0.3, 0.4) is 0 Å². The van der Waals surface area contributed by atoms with E-state index in [0.717, 1.165) is 41.5 Å². The van der Waals surface area contributed by atoms with Crippen molar-refractivity contribution < 1.29 is 4.74 Å². The van der Waals surface area contributed by atoms with Crippen molar-refractivity contribution >= 4 is 23.8 Å². The summed E-state index contributed by atoms with van der Waals surface area (Å²) in [4.78, 5) is 6.49. The van der Waals surface area contributed by atoms with Gasteiger partial charge in [0.2, 0.25) is 0 Å². The van der Waals surface area contributed by atoms with E-state index in [4.69, 9.17) is 10.5 Å². The molecule has 1 aliphatic heterocycles. The van der Waals surface area contributed by atoms with Crippen molar-refractivity contribution in [2.75, 3.05) is 37.2 Å². The van der Waals surface area contributed by atoms with E-state index in [1.165, 1.54) is 32.4 Å². The third-order valence-corrected chi connectivity index (χ3v) is 4.74. The summed E-state index contributed by atoms with van der Waals surface area (Å²) in [5.74, 6) is 0.727. The van der Waals surface area contributed by atoms with Gasteiger partial charge in [0, 0.05) is 13.1 Å². The van der Waals surface area contributed by atoms with E-state index < -0.39 is 0 Å². The lowest BCUT2D eigenvalue weighted by molar-refractivity contribution is 0.237. The highest BCUT2D eigenvalue weighted by Gasteiger charge is 2.09. The van der Waals surface area contributed by atoms with Crippen LogP contribution in [0, 0.1) is 0 Å². The molecule has 0 aliphatic carbocycles. The molecular formula is C21H28N4O. The average Bonchev–Trinajstić information content (AvgIpc) is 2.69. The highest BCUT2D eigenvalue weighted by molar-refractivity contribution is 5.67. The Morgan fingerprint density at radius 1 is 1.12 bits per heavy atom. The first-order chi connectivity index (χ1) is 12.8. The number of nitrogen functional groups attached to an aromatic ring is 1. The van der Waals surface area contributed by atoms with Crippen LogP contribution in [0.25, 0.3) is 0 Å². The molecule has 0 atom stereocenters. The van der Waals surface area contributed by atoms with E-state index >= 15 is 0 Å². The number of anilines is 2. The van der Waals surface area contributed by atoms with Crippen molar-refractivity contribution in [2.24, 2.45) is 4.99 Å². The minimum absolute atomic E-state index is 0.449. The number of ether oxygens (including phenoxy) is 1. The van der Waals surface area contributed by atoms with Crippen molar-refractivity contribution in [2.45, 2.75) is 25.9 Å². The van der Waals surface area contributed by atoms with Gasteiger partial charge in [0.05, 0.1) is 11.4 Å². The maximum atomic E-state index is 6.21.